The van der Waals surface area contributed by atoms with E-state index >= 15 is 0 Å². The van der Waals surface area contributed by atoms with Crippen LogP contribution in [0.2, 0.25) is 0 Å². The molecular weight excluding hydrogens is 308 g/mol. The maximum absolute atomic E-state index is 6.32. The highest BCUT2D eigenvalue weighted by atomic mass is 16.5. The standard InChI is InChI=1S/C22H24N2O/c1-2-9-19(10-3-1)22(25-17-16-24-14-6-7-15-24)21-13-12-18-8-4-5-11-20(18)23-21/h1-5,8-13,22H,6-7,14-17H2. The Bertz CT molecular complexity index is 812. The number of benzene rings is 2. The average Bonchev–Trinajstić information content (AvgIpc) is 3.19. The second-order valence-electron chi connectivity index (χ2n) is 6.64. The number of para-hydroxylation sites is 1. The van der Waals surface area contributed by atoms with E-state index in [0.717, 1.165) is 35.3 Å². The number of fused-ring (bicyclic) bond motifs is 1. The summed E-state index contributed by atoms with van der Waals surface area (Å²) >= 11 is 0. The normalized spacial score (nSPS) is 16.3. The summed E-state index contributed by atoms with van der Waals surface area (Å²) in [5.74, 6) is 0. The minimum atomic E-state index is -0.117. The van der Waals surface area contributed by atoms with Gasteiger partial charge in [0.25, 0.3) is 0 Å². The van der Waals surface area contributed by atoms with Gasteiger partial charge in [-0.2, -0.15) is 0 Å². The topological polar surface area (TPSA) is 25.4 Å². The van der Waals surface area contributed by atoms with Gasteiger partial charge in [-0.1, -0.05) is 54.6 Å². The summed E-state index contributed by atoms with van der Waals surface area (Å²) in [6.45, 7) is 4.13. The molecular formula is C22H24N2O. The van der Waals surface area contributed by atoms with E-state index in [-0.39, 0.29) is 6.10 Å². The van der Waals surface area contributed by atoms with Gasteiger partial charge in [0.05, 0.1) is 17.8 Å². The van der Waals surface area contributed by atoms with Crippen molar-refractivity contribution in [3.63, 3.8) is 0 Å². The van der Waals surface area contributed by atoms with Crippen molar-refractivity contribution in [1.82, 2.24) is 9.88 Å². The molecule has 1 atom stereocenters. The van der Waals surface area contributed by atoms with Crippen molar-refractivity contribution in [2.75, 3.05) is 26.2 Å². The van der Waals surface area contributed by atoms with Crippen LogP contribution in [0, 0.1) is 0 Å². The van der Waals surface area contributed by atoms with Crippen molar-refractivity contribution in [2.24, 2.45) is 0 Å². The van der Waals surface area contributed by atoms with Crippen LogP contribution >= 0.6 is 0 Å². The molecule has 25 heavy (non-hydrogen) atoms. The first-order valence-corrected chi connectivity index (χ1v) is 9.15. The lowest BCUT2D eigenvalue weighted by molar-refractivity contribution is 0.0622. The summed E-state index contributed by atoms with van der Waals surface area (Å²) in [6.07, 6.45) is 2.51. The second kappa shape index (κ2) is 7.77. The van der Waals surface area contributed by atoms with Crippen molar-refractivity contribution in [1.29, 1.82) is 0 Å². The van der Waals surface area contributed by atoms with Crippen LogP contribution in [0.1, 0.15) is 30.2 Å². The van der Waals surface area contributed by atoms with Crippen LogP contribution in [0.3, 0.4) is 0 Å². The summed E-state index contributed by atoms with van der Waals surface area (Å²) in [6, 6.07) is 22.9. The first-order valence-electron chi connectivity index (χ1n) is 9.15. The lowest BCUT2D eigenvalue weighted by Crippen LogP contribution is -2.25. The van der Waals surface area contributed by atoms with Gasteiger partial charge in [0.1, 0.15) is 6.10 Å². The molecule has 0 spiro atoms. The molecule has 1 unspecified atom stereocenters. The van der Waals surface area contributed by atoms with E-state index in [1.54, 1.807) is 0 Å². The molecule has 3 heteroatoms. The predicted octanol–water partition coefficient (Wildman–Crippen LogP) is 4.44. The molecule has 0 bridgehead atoms. The van der Waals surface area contributed by atoms with Crippen LogP contribution in [0.4, 0.5) is 0 Å². The molecule has 1 aromatic heterocycles. The minimum Gasteiger partial charge on any atom is -0.366 e. The number of nitrogens with zero attached hydrogens (tertiary/aromatic N) is 2. The Kier molecular flexibility index (Phi) is 5.05. The van der Waals surface area contributed by atoms with Gasteiger partial charge in [-0.15, -0.1) is 0 Å². The van der Waals surface area contributed by atoms with Crippen LogP contribution in [0.25, 0.3) is 10.9 Å². The van der Waals surface area contributed by atoms with Crippen LogP contribution in [-0.2, 0) is 4.74 Å². The summed E-state index contributed by atoms with van der Waals surface area (Å²) in [7, 11) is 0. The van der Waals surface area contributed by atoms with Crippen LogP contribution < -0.4 is 0 Å². The number of ether oxygens (including phenoxy) is 1. The first kappa shape index (κ1) is 16.2. The van der Waals surface area contributed by atoms with E-state index in [4.69, 9.17) is 9.72 Å². The van der Waals surface area contributed by atoms with Gasteiger partial charge in [-0.25, -0.2) is 4.98 Å². The van der Waals surface area contributed by atoms with Crippen LogP contribution in [0.5, 0.6) is 0 Å². The second-order valence-corrected chi connectivity index (χ2v) is 6.64. The Morgan fingerprint density at radius 1 is 0.880 bits per heavy atom. The number of likely N-dealkylation sites (tertiary alicyclic amines) is 1. The third kappa shape index (κ3) is 3.89. The first-order chi connectivity index (χ1) is 12.4. The fourth-order valence-corrected chi connectivity index (χ4v) is 3.51. The highest BCUT2D eigenvalue weighted by Crippen LogP contribution is 2.26. The van der Waals surface area contributed by atoms with Gasteiger partial charge < -0.3 is 9.64 Å². The molecule has 3 aromatic rings. The Morgan fingerprint density at radius 3 is 2.48 bits per heavy atom. The van der Waals surface area contributed by atoms with Crippen LogP contribution in [0.15, 0.2) is 66.7 Å². The SMILES string of the molecule is c1ccc(C(OCCN2CCCC2)c2ccc3ccccc3n2)cc1. The zero-order chi connectivity index (χ0) is 16.9. The molecule has 1 fully saturated rings. The highest BCUT2D eigenvalue weighted by Gasteiger charge is 2.18. The number of hydrogen-bond acceptors (Lipinski definition) is 3. The van der Waals surface area contributed by atoms with Gasteiger partial charge in [-0.3, -0.25) is 0 Å². The van der Waals surface area contributed by atoms with Crippen molar-refractivity contribution in [2.45, 2.75) is 18.9 Å². The van der Waals surface area contributed by atoms with Gasteiger partial charge in [0.2, 0.25) is 0 Å². The Labute approximate surface area is 149 Å². The summed E-state index contributed by atoms with van der Waals surface area (Å²) < 4.78 is 6.32. The Balaban J connectivity index is 1.57. The van der Waals surface area contributed by atoms with E-state index < -0.39 is 0 Å². The van der Waals surface area contributed by atoms with Gasteiger partial charge in [0, 0.05) is 11.9 Å². The highest BCUT2D eigenvalue weighted by molar-refractivity contribution is 5.78. The average molecular weight is 332 g/mol. The third-order valence-corrected chi connectivity index (χ3v) is 4.88. The molecule has 0 radical (unpaired) electrons. The number of rotatable bonds is 6. The molecule has 2 heterocycles. The summed E-state index contributed by atoms with van der Waals surface area (Å²) in [5, 5.41) is 1.16. The summed E-state index contributed by atoms with van der Waals surface area (Å²) in [5.41, 5.74) is 3.15. The van der Waals surface area contributed by atoms with E-state index in [0.29, 0.717) is 0 Å². The van der Waals surface area contributed by atoms with Crippen LogP contribution in [-0.4, -0.2) is 36.1 Å². The monoisotopic (exact) mass is 332 g/mol. The third-order valence-electron chi connectivity index (χ3n) is 4.88. The molecule has 1 aliphatic heterocycles. The van der Waals surface area contributed by atoms with Crippen molar-refractivity contribution < 1.29 is 4.74 Å². The largest absolute Gasteiger partial charge is 0.366 e. The summed E-state index contributed by atoms with van der Waals surface area (Å²) in [4.78, 5) is 7.35. The smallest absolute Gasteiger partial charge is 0.125 e. The van der Waals surface area contributed by atoms with Crippen molar-refractivity contribution in [3.8, 4) is 0 Å². The zero-order valence-electron chi connectivity index (χ0n) is 14.5. The maximum atomic E-state index is 6.32. The molecule has 0 aliphatic carbocycles. The van der Waals surface area contributed by atoms with E-state index in [2.05, 4.69) is 53.4 Å². The lowest BCUT2D eigenvalue weighted by Gasteiger charge is -2.21. The van der Waals surface area contributed by atoms with Gasteiger partial charge >= 0.3 is 0 Å². The molecule has 3 nitrogen and oxygen atoms in total. The number of hydrogen-bond donors (Lipinski definition) is 0. The van der Waals surface area contributed by atoms with Gasteiger partial charge in [-0.05, 0) is 43.6 Å². The Hall–Kier alpha value is -2.23. The fraction of sp³-hybridized carbons (Fsp3) is 0.318. The molecule has 1 saturated heterocycles. The lowest BCUT2D eigenvalue weighted by atomic mass is 10.0. The van der Waals surface area contributed by atoms with E-state index in [9.17, 15) is 0 Å². The Morgan fingerprint density at radius 2 is 1.64 bits per heavy atom. The minimum absolute atomic E-state index is 0.117. The van der Waals surface area contributed by atoms with Crippen molar-refractivity contribution in [3.05, 3.63) is 78.0 Å². The number of pyridine rings is 1. The molecule has 4 rings (SSSR count). The molecule has 1 aliphatic rings. The molecule has 128 valence electrons. The van der Waals surface area contributed by atoms with Crippen molar-refractivity contribution >= 4 is 10.9 Å². The maximum Gasteiger partial charge on any atom is 0.125 e. The molecule has 0 amide bonds. The predicted molar refractivity (Wildman–Crippen MR) is 102 cm³/mol. The van der Waals surface area contributed by atoms with E-state index in [1.807, 2.05) is 18.2 Å². The fourth-order valence-electron chi connectivity index (χ4n) is 3.51. The molecule has 0 saturated carbocycles. The quantitative estimate of drug-likeness (QED) is 0.667. The molecule has 0 N–H and O–H groups in total. The molecule has 2 aromatic carbocycles. The number of aromatic nitrogens is 1. The van der Waals surface area contributed by atoms with Gasteiger partial charge in [0.15, 0.2) is 0 Å². The zero-order valence-corrected chi connectivity index (χ0v) is 14.5. The van der Waals surface area contributed by atoms with E-state index in [1.165, 1.54) is 25.9 Å².